The Morgan fingerprint density at radius 1 is 0.616 bits per heavy atom. The normalized spacial score (nSPS) is 24.1. The van der Waals surface area contributed by atoms with Gasteiger partial charge in [-0.1, -0.05) is 83.0 Å². The molecule has 1 aliphatic carbocycles. The monoisotopic (exact) mass is 1240 g/mol. The Kier molecular flexibility index (Phi) is 27.9. The minimum atomic E-state index is -1.77. The standard InChI is InChI=1S/C56H80N12O16S2/c1-29(2)23-37-49(78)63-39(25-32-11-15-34(70)16-12-32)52(81)68-56(20-7-6-8-21-56)54(83)65-40(26-42(57)71)51(80)67-45(30(3)4)53(82)59-27-43(72)60-36(19-22-85-5)48(77)62-38(24-31-9-13-33(69)14-10-31)50(79)64-41(46(58)75)28-86-55(84)66-35(47(76)61-37)17-18-44(73)74/h9-16,29-30,35-41,45,69-70H,6-8,17-28H2,1-5H3,(H2,57,71)(H2,58,75)(H,59,82)(H,60,72)(H,61,76)(H,62,77)(H,63,78)(H,64,79)(H,65,83)(H,66,84)(H,67,80)(H,68,81)(H,73,74)/t35-,36-,37-,38-,39-,40-,41-,45-/m0/s1. The van der Waals surface area contributed by atoms with E-state index in [1.165, 1.54) is 60.3 Å². The number of hydrogen-bond donors (Lipinski definition) is 15. The molecule has 1 spiro atoms. The molecule has 12 amide bonds. The number of primary amides is 2. The highest BCUT2D eigenvalue weighted by atomic mass is 32.2. The van der Waals surface area contributed by atoms with Crippen molar-refractivity contribution >= 4 is 99.7 Å². The average Bonchev–Trinajstić information content (AvgIpc) is 1.70. The maximum absolute atomic E-state index is 14.8. The number of nitrogens with two attached hydrogens (primary N) is 2. The molecule has 472 valence electrons. The molecular weight excluding hydrogens is 1160 g/mol. The van der Waals surface area contributed by atoms with Crippen LogP contribution in [0, 0.1) is 11.8 Å². The van der Waals surface area contributed by atoms with E-state index >= 15 is 0 Å². The van der Waals surface area contributed by atoms with Crippen LogP contribution in [-0.2, 0) is 70.4 Å². The van der Waals surface area contributed by atoms with Crippen molar-refractivity contribution in [3.63, 3.8) is 0 Å². The highest BCUT2D eigenvalue weighted by molar-refractivity contribution is 8.13. The number of hydrogen-bond acceptors (Lipinski definition) is 17. The summed E-state index contributed by atoms with van der Waals surface area (Å²) in [5.74, 6) is -13.5. The summed E-state index contributed by atoms with van der Waals surface area (Å²) >= 11 is 1.69. The minimum absolute atomic E-state index is 0.00401. The van der Waals surface area contributed by atoms with E-state index in [2.05, 4.69) is 53.2 Å². The third-order valence-corrected chi connectivity index (χ3v) is 15.6. The Morgan fingerprint density at radius 3 is 1.64 bits per heavy atom. The van der Waals surface area contributed by atoms with Crippen molar-refractivity contribution in [2.75, 3.05) is 24.3 Å². The molecule has 1 saturated carbocycles. The molecule has 30 heteroatoms. The van der Waals surface area contributed by atoms with Gasteiger partial charge in [0.25, 0.3) is 5.24 Å². The fourth-order valence-electron chi connectivity index (χ4n) is 9.43. The Labute approximate surface area is 505 Å². The van der Waals surface area contributed by atoms with Crippen molar-refractivity contribution < 1.29 is 77.6 Å². The van der Waals surface area contributed by atoms with Gasteiger partial charge in [-0.2, -0.15) is 11.8 Å². The molecule has 0 unspecified atom stereocenters. The number of thioether (sulfide) groups is 2. The van der Waals surface area contributed by atoms with Crippen LogP contribution in [0.15, 0.2) is 48.5 Å². The second-order valence-electron chi connectivity index (χ2n) is 21.9. The molecule has 28 nitrogen and oxygen atoms in total. The van der Waals surface area contributed by atoms with Gasteiger partial charge in [-0.25, -0.2) is 0 Å². The number of phenolic OH excluding ortho intramolecular Hbond substituents is 2. The van der Waals surface area contributed by atoms with Crippen LogP contribution in [0.2, 0.25) is 0 Å². The van der Waals surface area contributed by atoms with Gasteiger partial charge in [0.15, 0.2) is 0 Å². The highest BCUT2D eigenvalue weighted by Gasteiger charge is 2.45. The number of aliphatic carboxylic acids is 1. The highest BCUT2D eigenvalue weighted by Crippen LogP contribution is 2.30. The third-order valence-electron chi connectivity index (χ3n) is 14.1. The summed E-state index contributed by atoms with van der Waals surface area (Å²) in [7, 11) is 0. The second-order valence-corrected chi connectivity index (χ2v) is 23.9. The lowest BCUT2D eigenvalue weighted by Crippen LogP contribution is -2.66. The lowest BCUT2D eigenvalue weighted by atomic mass is 9.80. The largest absolute Gasteiger partial charge is 0.508 e. The Bertz CT molecular complexity index is 2770. The maximum atomic E-state index is 14.8. The number of benzene rings is 2. The molecule has 2 aromatic rings. The van der Waals surface area contributed by atoms with Gasteiger partial charge in [0.2, 0.25) is 65.0 Å². The zero-order valence-electron chi connectivity index (χ0n) is 48.6. The van der Waals surface area contributed by atoms with Crippen LogP contribution in [0.4, 0.5) is 4.79 Å². The summed E-state index contributed by atoms with van der Waals surface area (Å²) in [5, 5.41) is 54.2. The fourth-order valence-corrected chi connectivity index (χ4v) is 10.7. The van der Waals surface area contributed by atoms with Gasteiger partial charge in [0.05, 0.1) is 13.0 Å². The first kappa shape index (κ1) is 70.3. The maximum Gasteiger partial charge on any atom is 0.303 e. The van der Waals surface area contributed by atoms with Crippen molar-refractivity contribution in [2.45, 2.75) is 159 Å². The Morgan fingerprint density at radius 2 is 1.13 bits per heavy atom. The van der Waals surface area contributed by atoms with E-state index in [-0.39, 0.29) is 55.9 Å². The van der Waals surface area contributed by atoms with Gasteiger partial charge >= 0.3 is 5.97 Å². The van der Waals surface area contributed by atoms with Gasteiger partial charge in [0.1, 0.15) is 65.4 Å². The predicted molar refractivity (Wildman–Crippen MR) is 316 cm³/mol. The average molecular weight is 1240 g/mol. The van der Waals surface area contributed by atoms with Gasteiger partial charge in [-0.05, 0) is 91.3 Å². The number of amides is 12. The van der Waals surface area contributed by atoms with E-state index in [9.17, 15) is 77.6 Å². The number of carboxylic acids is 1. The number of carbonyl (C=O) groups is 13. The molecule has 0 radical (unpaired) electrons. The van der Waals surface area contributed by atoms with Crippen molar-refractivity contribution in [1.29, 1.82) is 0 Å². The summed E-state index contributed by atoms with van der Waals surface area (Å²) in [6.07, 6.45) is 0.650. The van der Waals surface area contributed by atoms with E-state index in [0.717, 1.165) is 0 Å². The van der Waals surface area contributed by atoms with Crippen molar-refractivity contribution in [2.24, 2.45) is 23.3 Å². The number of rotatable bonds is 16. The smallest absolute Gasteiger partial charge is 0.303 e. The van der Waals surface area contributed by atoms with Crippen LogP contribution in [-0.4, -0.2) is 170 Å². The third kappa shape index (κ3) is 23.0. The molecule has 1 saturated heterocycles. The zero-order chi connectivity index (χ0) is 63.8. The van der Waals surface area contributed by atoms with Crippen LogP contribution in [0.25, 0.3) is 0 Å². The summed E-state index contributed by atoms with van der Waals surface area (Å²) in [5.41, 5.74) is 10.3. The summed E-state index contributed by atoms with van der Waals surface area (Å²) in [6.45, 7) is 5.83. The molecule has 8 atom stereocenters. The Hall–Kier alpha value is -8.15. The SMILES string of the molecule is CSCC[C@@H]1NC(=O)CNC(=O)[C@H](C(C)C)NC(=O)[C@H](CC(N)=O)NC(=O)C2(CCCCC2)NC(=O)[C@H](Cc2ccc(O)cc2)NC(=O)[C@H](CC(C)C)NC(=O)[C@H](CCC(=O)O)NC(=O)SC[C@@H](C(N)=O)NC(=O)[C@H](Cc2ccc(O)cc2)NC1=O. The van der Waals surface area contributed by atoms with Crippen molar-refractivity contribution in [3.8, 4) is 11.5 Å². The molecule has 17 N–H and O–H groups in total. The summed E-state index contributed by atoms with van der Waals surface area (Å²) in [4.78, 5) is 179. The van der Waals surface area contributed by atoms with E-state index in [1.807, 2.05) is 0 Å². The Balaban J connectivity index is 1.82. The fraction of sp³-hybridized carbons (Fsp3) is 0.554. The molecule has 1 heterocycles. The van der Waals surface area contributed by atoms with Gasteiger partial charge < -0.3 is 80.0 Å². The molecule has 2 fully saturated rings. The summed E-state index contributed by atoms with van der Waals surface area (Å²) in [6, 6.07) is -1.04. The zero-order valence-corrected chi connectivity index (χ0v) is 50.3. The first-order valence-corrected chi connectivity index (χ1v) is 30.5. The van der Waals surface area contributed by atoms with Crippen molar-refractivity contribution in [3.05, 3.63) is 59.7 Å². The number of phenols is 2. The first-order chi connectivity index (χ1) is 40.6. The molecule has 0 bridgehead atoms. The first-order valence-electron chi connectivity index (χ1n) is 28.1. The van der Waals surface area contributed by atoms with Crippen LogP contribution >= 0.6 is 23.5 Å². The topological polar surface area (TPSA) is 455 Å². The predicted octanol–water partition coefficient (Wildman–Crippen LogP) is -1.28. The van der Waals surface area contributed by atoms with Crippen molar-refractivity contribution in [1.82, 2.24) is 53.2 Å². The lowest BCUT2D eigenvalue weighted by molar-refractivity contribution is -0.140. The molecule has 0 aromatic heterocycles. The molecule has 2 aromatic carbocycles. The van der Waals surface area contributed by atoms with Gasteiger partial charge in [-0.15, -0.1) is 0 Å². The van der Waals surface area contributed by atoms with Gasteiger partial charge in [-0.3, -0.25) is 62.3 Å². The van der Waals surface area contributed by atoms with Crippen LogP contribution in [0.1, 0.15) is 103 Å². The molecule has 4 rings (SSSR count). The second kappa shape index (κ2) is 34.1. The van der Waals surface area contributed by atoms with E-state index in [0.29, 0.717) is 47.9 Å². The molecular formula is C56H80N12O16S2. The van der Waals surface area contributed by atoms with Crippen LogP contribution in [0.3, 0.4) is 0 Å². The number of nitrogens with one attached hydrogen (secondary N) is 10. The van der Waals surface area contributed by atoms with E-state index in [1.54, 1.807) is 34.0 Å². The number of carbonyl (C=O) groups excluding carboxylic acids is 12. The quantitative estimate of drug-likeness (QED) is 0.0930. The minimum Gasteiger partial charge on any atom is -0.508 e. The summed E-state index contributed by atoms with van der Waals surface area (Å²) < 4.78 is 0. The van der Waals surface area contributed by atoms with Crippen LogP contribution in [0.5, 0.6) is 11.5 Å². The van der Waals surface area contributed by atoms with Gasteiger partial charge in [0, 0.05) is 25.0 Å². The number of aromatic hydroxyl groups is 2. The van der Waals surface area contributed by atoms with E-state index < -0.39 is 168 Å². The molecule has 2 aliphatic rings. The van der Waals surface area contributed by atoms with Crippen LogP contribution < -0.4 is 64.6 Å². The lowest BCUT2D eigenvalue weighted by Gasteiger charge is -2.39. The molecule has 86 heavy (non-hydrogen) atoms. The van der Waals surface area contributed by atoms with E-state index in [4.69, 9.17) is 11.5 Å². The molecule has 1 aliphatic heterocycles. The number of carboxylic acid groups (broad SMARTS) is 1.